The van der Waals surface area contributed by atoms with Crippen LogP contribution < -0.4 is 16.6 Å². The van der Waals surface area contributed by atoms with Crippen LogP contribution in [0.25, 0.3) is 0 Å². The van der Waals surface area contributed by atoms with Crippen molar-refractivity contribution in [1.82, 2.24) is 11.5 Å². The molecule has 7 nitrogen and oxygen atoms in total. The molecule has 0 aromatic rings. The number of nitrogens with one attached hydrogen (secondary N) is 1. The molecule has 0 saturated carbocycles. The molecule has 88 valence electrons. The minimum Gasteiger partial charge on any atom is -0.545 e. The van der Waals surface area contributed by atoms with Crippen molar-refractivity contribution in [3.63, 3.8) is 0 Å². The summed E-state index contributed by atoms with van der Waals surface area (Å²) in [5, 5.41) is 12.3. The number of ether oxygens (including phenoxy) is 2. The van der Waals surface area contributed by atoms with Crippen molar-refractivity contribution >= 4 is 11.9 Å². The lowest BCUT2D eigenvalue weighted by atomic mass is 10.4. The molecule has 0 aliphatic rings. The molecule has 0 saturated heterocycles. The average Bonchev–Trinajstić information content (AvgIpc) is 2.16. The monoisotopic (exact) mass is 220 g/mol. The van der Waals surface area contributed by atoms with Crippen LogP contribution in [0.3, 0.4) is 0 Å². The van der Waals surface area contributed by atoms with Gasteiger partial charge in [-0.25, -0.2) is 0 Å². The SMILES string of the molecule is COC(CNC(=O)/C=C\C(=O)[O-])OC.[NH4+]. The summed E-state index contributed by atoms with van der Waals surface area (Å²) in [6.45, 7) is 0.142. The number of methoxy groups -OCH3 is 2. The summed E-state index contributed by atoms with van der Waals surface area (Å²) >= 11 is 0. The van der Waals surface area contributed by atoms with Gasteiger partial charge in [-0.3, -0.25) is 4.79 Å². The maximum Gasteiger partial charge on any atom is 0.244 e. The summed E-state index contributed by atoms with van der Waals surface area (Å²) < 4.78 is 9.57. The second kappa shape index (κ2) is 9.13. The van der Waals surface area contributed by atoms with Gasteiger partial charge in [0.2, 0.25) is 5.91 Å². The number of carbonyl (C=O) groups excluding carboxylic acids is 2. The van der Waals surface area contributed by atoms with E-state index in [-0.39, 0.29) is 12.7 Å². The van der Waals surface area contributed by atoms with E-state index in [1.165, 1.54) is 14.2 Å². The number of amides is 1. The minimum absolute atomic E-state index is 0. The molecule has 0 aromatic carbocycles. The van der Waals surface area contributed by atoms with Gasteiger partial charge in [0.25, 0.3) is 0 Å². The fourth-order valence-corrected chi connectivity index (χ4v) is 0.649. The van der Waals surface area contributed by atoms with E-state index in [1.807, 2.05) is 0 Å². The molecule has 5 N–H and O–H groups in total. The first kappa shape index (κ1) is 16.0. The Morgan fingerprint density at radius 2 is 1.87 bits per heavy atom. The zero-order chi connectivity index (χ0) is 11.0. The Morgan fingerprint density at radius 1 is 1.33 bits per heavy atom. The quantitative estimate of drug-likeness (QED) is 0.412. The van der Waals surface area contributed by atoms with Crippen LogP contribution in [-0.2, 0) is 19.1 Å². The molecule has 15 heavy (non-hydrogen) atoms. The lowest BCUT2D eigenvalue weighted by Crippen LogP contribution is -2.33. The molecule has 0 aliphatic carbocycles. The van der Waals surface area contributed by atoms with E-state index >= 15 is 0 Å². The number of aliphatic carboxylic acids is 1. The molecule has 0 heterocycles. The van der Waals surface area contributed by atoms with E-state index in [4.69, 9.17) is 9.47 Å². The predicted molar refractivity (Wildman–Crippen MR) is 50.9 cm³/mol. The summed E-state index contributed by atoms with van der Waals surface area (Å²) in [6.07, 6.45) is 0.956. The van der Waals surface area contributed by atoms with Gasteiger partial charge in [-0.2, -0.15) is 0 Å². The second-order valence-electron chi connectivity index (χ2n) is 2.30. The van der Waals surface area contributed by atoms with E-state index in [1.54, 1.807) is 0 Å². The molecule has 7 heteroatoms. The van der Waals surface area contributed by atoms with Crippen LogP contribution in [0.4, 0.5) is 0 Å². The smallest absolute Gasteiger partial charge is 0.244 e. The number of hydrogen-bond donors (Lipinski definition) is 2. The van der Waals surface area contributed by atoms with Crippen LogP contribution in [0.15, 0.2) is 12.2 Å². The lowest BCUT2D eigenvalue weighted by molar-refractivity contribution is -0.297. The normalized spacial score (nSPS) is 10.1. The van der Waals surface area contributed by atoms with Crippen molar-refractivity contribution in [3.05, 3.63) is 12.2 Å². The number of quaternary nitrogens is 1. The molecule has 0 aromatic heterocycles. The summed E-state index contributed by atoms with van der Waals surface area (Å²) in [5.74, 6) is -1.97. The van der Waals surface area contributed by atoms with Crippen molar-refractivity contribution < 1.29 is 24.2 Å². The molecule has 0 bridgehead atoms. The Bertz CT molecular complexity index is 225. The van der Waals surface area contributed by atoms with Crippen molar-refractivity contribution in [2.45, 2.75) is 6.29 Å². The number of hydrogen-bond acceptors (Lipinski definition) is 5. The first-order valence-electron chi connectivity index (χ1n) is 3.82. The Kier molecular flexibility index (Phi) is 9.74. The van der Waals surface area contributed by atoms with Gasteiger partial charge in [-0.1, -0.05) is 0 Å². The Morgan fingerprint density at radius 3 is 2.27 bits per heavy atom. The largest absolute Gasteiger partial charge is 0.545 e. The van der Waals surface area contributed by atoms with Gasteiger partial charge < -0.3 is 30.8 Å². The van der Waals surface area contributed by atoms with Gasteiger partial charge in [-0.05, 0) is 6.08 Å². The van der Waals surface area contributed by atoms with Crippen molar-refractivity contribution in [2.24, 2.45) is 0 Å². The van der Waals surface area contributed by atoms with E-state index in [9.17, 15) is 14.7 Å². The third-order valence-electron chi connectivity index (χ3n) is 1.34. The molecule has 1 amide bonds. The van der Waals surface area contributed by atoms with Crippen LogP contribution in [0.2, 0.25) is 0 Å². The fourth-order valence-electron chi connectivity index (χ4n) is 0.649. The minimum atomic E-state index is -1.42. The van der Waals surface area contributed by atoms with Crippen molar-refractivity contribution in [2.75, 3.05) is 20.8 Å². The molecule has 0 rings (SSSR count). The summed E-state index contributed by atoms with van der Waals surface area (Å²) in [4.78, 5) is 20.8. The Hall–Kier alpha value is -1.44. The average molecular weight is 220 g/mol. The molecular formula is C8H16N2O5. The molecular weight excluding hydrogens is 204 g/mol. The molecule has 0 aliphatic heterocycles. The Labute approximate surface area is 87.6 Å². The zero-order valence-corrected chi connectivity index (χ0v) is 8.98. The number of rotatable bonds is 6. The van der Waals surface area contributed by atoms with Crippen LogP contribution in [0.1, 0.15) is 0 Å². The Balaban J connectivity index is 0. The van der Waals surface area contributed by atoms with Gasteiger partial charge in [0.05, 0.1) is 12.5 Å². The fraction of sp³-hybridized carbons (Fsp3) is 0.500. The van der Waals surface area contributed by atoms with E-state index in [0.29, 0.717) is 6.08 Å². The van der Waals surface area contributed by atoms with E-state index in [2.05, 4.69) is 5.32 Å². The maximum atomic E-state index is 10.9. The van der Waals surface area contributed by atoms with Gasteiger partial charge >= 0.3 is 0 Å². The van der Waals surface area contributed by atoms with Gasteiger partial charge in [0, 0.05) is 20.3 Å². The third kappa shape index (κ3) is 8.88. The lowest BCUT2D eigenvalue weighted by Gasteiger charge is -2.12. The van der Waals surface area contributed by atoms with Crippen LogP contribution in [0.5, 0.6) is 0 Å². The predicted octanol–water partition coefficient (Wildman–Crippen LogP) is -1.60. The van der Waals surface area contributed by atoms with Crippen LogP contribution in [0, 0.1) is 0 Å². The van der Waals surface area contributed by atoms with Crippen molar-refractivity contribution in [1.29, 1.82) is 0 Å². The van der Waals surface area contributed by atoms with Crippen LogP contribution >= 0.6 is 0 Å². The highest BCUT2D eigenvalue weighted by Crippen LogP contribution is 1.87. The first-order valence-corrected chi connectivity index (χ1v) is 3.82. The molecule has 0 fully saturated rings. The van der Waals surface area contributed by atoms with E-state index < -0.39 is 18.2 Å². The van der Waals surface area contributed by atoms with E-state index in [0.717, 1.165) is 6.08 Å². The van der Waals surface area contributed by atoms with Gasteiger partial charge in [0.15, 0.2) is 6.29 Å². The second-order valence-corrected chi connectivity index (χ2v) is 2.30. The van der Waals surface area contributed by atoms with Gasteiger partial charge in [-0.15, -0.1) is 0 Å². The standard InChI is InChI=1S/C8H13NO5.H3N/c1-13-8(14-2)5-9-6(10)3-4-7(11)12;/h3-4,8H,5H2,1-2H3,(H,9,10)(H,11,12);1H3/b4-3-;. The molecule has 0 unspecified atom stereocenters. The van der Waals surface area contributed by atoms with Crippen LogP contribution in [-0.4, -0.2) is 38.9 Å². The maximum absolute atomic E-state index is 10.9. The highest BCUT2D eigenvalue weighted by Gasteiger charge is 2.05. The highest BCUT2D eigenvalue weighted by atomic mass is 16.7. The molecule has 0 atom stereocenters. The molecule has 0 radical (unpaired) electrons. The topological polar surface area (TPSA) is 124 Å². The highest BCUT2D eigenvalue weighted by molar-refractivity contribution is 5.93. The third-order valence-corrected chi connectivity index (χ3v) is 1.34. The number of carboxylic acid groups (broad SMARTS) is 1. The summed E-state index contributed by atoms with van der Waals surface area (Å²) in [6, 6.07) is 0. The van der Waals surface area contributed by atoms with Gasteiger partial charge in [0.1, 0.15) is 0 Å². The van der Waals surface area contributed by atoms with Crippen molar-refractivity contribution in [3.8, 4) is 0 Å². The summed E-state index contributed by atoms with van der Waals surface area (Å²) in [5.41, 5.74) is 0. The first-order chi connectivity index (χ1) is 6.60. The molecule has 0 spiro atoms. The number of carbonyl (C=O) groups is 2. The number of carboxylic acids is 1. The zero-order valence-electron chi connectivity index (χ0n) is 8.98. The summed E-state index contributed by atoms with van der Waals surface area (Å²) in [7, 11) is 2.86.